The van der Waals surface area contributed by atoms with Crippen LogP contribution in [0.25, 0.3) is 0 Å². The summed E-state index contributed by atoms with van der Waals surface area (Å²) in [5.41, 5.74) is 2.33. The molecule has 0 unspecified atom stereocenters. The van der Waals surface area contributed by atoms with Crippen molar-refractivity contribution >= 4 is 11.8 Å². The van der Waals surface area contributed by atoms with Crippen molar-refractivity contribution < 1.29 is 17.9 Å². The highest BCUT2D eigenvalue weighted by molar-refractivity contribution is 5.61. The molecular formula is C23H24F3N7O. The third kappa shape index (κ3) is 5.95. The molecule has 0 fully saturated rings. The van der Waals surface area contributed by atoms with Gasteiger partial charge in [-0.25, -0.2) is 4.98 Å². The number of hydrogen-bond acceptors (Lipinski definition) is 7. The lowest BCUT2D eigenvalue weighted by Crippen LogP contribution is -2.29. The van der Waals surface area contributed by atoms with E-state index in [0.717, 1.165) is 12.8 Å². The minimum Gasteiger partial charge on any atom is -0.467 e. The number of anilines is 2. The van der Waals surface area contributed by atoms with Gasteiger partial charge < -0.3 is 19.5 Å². The van der Waals surface area contributed by atoms with Crippen molar-refractivity contribution in [3.8, 4) is 11.9 Å². The lowest BCUT2D eigenvalue weighted by molar-refractivity contribution is -0.154. The zero-order chi connectivity index (χ0) is 24.0. The molecule has 3 heterocycles. The first-order chi connectivity index (χ1) is 16.4. The van der Waals surface area contributed by atoms with Crippen molar-refractivity contribution in [1.82, 2.24) is 19.5 Å². The molecular weight excluding hydrogens is 447 g/mol. The van der Waals surface area contributed by atoms with E-state index in [2.05, 4.69) is 32.4 Å². The molecule has 8 nitrogen and oxygen atoms in total. The minimum absolute atomic E-state index is 0.0980. The van der Waals surface area contributed by atoms with E-state index in [9.17, 15) is 18.4 Å². The molecule has 3 aromatic rings. The summed E-state index contributed by atoms with van der Waals surface area (Å²) in [7, 11) is 0. The number of nitrogens with one attached hydrogen (secondary N) is 1. The van der Waals surface area contributed by atoms with Crippen LogP contribution in [0.1, 0.15) is 23.1 Å². The lowest BCUT2D eigenvalue weighted by Gasteiger charge is -2.24. The fraction of sp³-hybridized carbons (Fsp3) is 0.391. The quantitative estimate of drug-likeness (QED) is 0.502. The highest BCUT2D eigenvalue weighted by Gasteiger charge is 2.31. The van der Waals surface area contributed by atoms with Gasteiger partial charge >= 0.3 is 6.18 Å². The van der Waals surface area contributed by atoms with E-state index in [4.69, 9.17) is 4.74 Å². The van der Waals surface area contributed by atoms with E-state index < -0.39 is 12.8 Å². The van der Waals surface area contributed by atoms with Crippen LogP contribution in [-0.2, 0) is 19.4 Å². The number of benzene rings is 1. The first-order valence-electron chi connectivity index (χ1n) is 11.0. The third-order valence-electron chi connectivity index (χ3n) is 5.50. The molecule has 178 valence electrons. The predicted molar refractivity (Wildman–Crippen MR) is 120 cm³/mol. The molecule has 0 aliphatic carbocycles. The predicted octanol–water partition coefficient (Wildman–Crippen LogP) is 3.59. The van der Waals surface area contributed by atoms with Crippen LogP contribution < -0.4 is 15.0 Å². The maximum absolute atomic E-state index is 12.8. The summed E-state index contributed by atoms with van der Waals surface area (Å²) in [5, 5.41) is 12.8. The largest absolute Gasteiger partial charge is 0.467 e. The fourth-order valence-electron chi connectivity index (χ4n) is 3.85. The summed E-state index contributed by atoms with van der Waals surface area (Å²) in [6.45, 7) is 0.790. The molecule has 1 N–H and O–H groups in total. The number of imidazole rings is 1. The summed E-state index contributed by atoms with van der Waals surface area (Å²) < 4.78 is 45.4. The molecule has 0 radical (unpaired) electrons. The van der Waals surface area contributed by atoms with Gasteiger partial charge in [-0.05, 0) is 30.4 Å². The van der Waals surface area contributed by atoms with E-state index in [1.165, 1.54) is 11.1 Å². The second-order valence-corrected chi connectivity index (χ2v) is 7.90. The Kier molecular flexibility index (Phi) is 7.15. The van der Waals surface area contributed by atoms with Gasteiger partial charge in [0.15, 0.2) is 18.0 Å². The monoisotopic (exact) mass is 471 g/mol. The smallest absolute Gasteiger partial charge is 0.422 e. The van der Waals surface area contributed by atoms with Gasteiger partial charge in [0.1, 0.15) is 6.07 Å². The van der Waals surface area contributed by atoms with E-state index >= 15 is 0 Å². The molecule has 0 spiro atoms. The Hall–Kier alpha value is -3.81. The van der Waals surface area contributed by atoms with Crippen molar-refractivity contribution in [3.05, 3.63) is 59.7 Å². The van der Waals surface area contributed by atoms with Gasteiger partial charge in [-0.2, -0.15) is 28.4 Å². The molecule has 0 bridgehead atoms. The normalized spacial score (nSPS) is 13.6. The first kappa shape index (κ1) is 23.4. The van der Waals surface area contributed by atoms with Crippen LogP contribution in [0.15, 0.2) is 43.0 Å². The molecule has 0 saturated heterocycles. The van der Waals surface area contributed by atoms with Crippen LogP contribution in [-0.4, -0.2) is 51.9 Å². The highest BCUT2D eigenvalue weighted by Crippen LogP contribution is 2.30. The van der Waals surface area contributed by atoms with Crippen molar-refractivity contribution in [3.63, 3.8) is 0 Å². The number of hydrogen-bond donors (Lipinski definition) is 1. The summed E-state index contributed by atoms with van der Waals surface area (Å²) in [6.07, 6.45) is 2.86. The lowest BCUT2D eigenvalue weighted by atomic mass is 10.0. The van der Waals surface area contributed by atoms with Crippen LogP contribution >= 0.6 is 0 Å². The number of halogens is 3. The molecule has 4 rings (SSSR count). The molecule has 0 saturated carbocycles. The van der Waals surface area contributed by atoms with Gasteiger partial charge in [-0.3, -0.25) is 0 Å². The summed E-state index contributed by atoms with van der Waals surface area (Å²) >= 11 is 0. The van der Waals surface area contributed by atoms with Gasteiger partial charge in [0.2, 0.25) is 11.8 Å². The minimum atomic E-state index is -4.56. The highest BCUT2D eigenvalue weighted by atomic mass is 19.4. The van der Waals surface area contributed by atoms with Gasteiger partial charge in [-0.1, -0.05) is 24.3 Å². The Balaban J connectivity index is 1.56. The topological polar surface area (TPSA) is 91.9 Å². The number of rotatable bonds is 8. The summed E-state index contributed by atoms with van der Waals surface area (Å²) in [4.78, 5) is 14.5. The second-order valence-electron chi connectivity index (χ2n) is 7.90. The Bertz CT molecular complexity index is 1120. The van der Waals surface area contributed by atoms with Crippen LogP contribution in [0.3, 0.4) is 0 Å². The SMILES string of the molecule is N#Cc1c(OCC(F)(F)F)nc(NCCCn2ccnc2)nc1N1CCc2ccccc2CC1. The molecule has 0 atom stereocenters. The molecule has 1 aromatic carbocycles. The maximum Gasteiger partial charge on any atom is 0.422 e. The fourth-order valence-corrected chi connectivity index (χ4v) is 3.85. The molecule has 34 heavy (non-hydrogen) atoms. The number of nitrogens with zero attached hydrogens (tertiary/aromatic N) is 6. The Morgan fingerprint density at radius 2 is 1.85 bits per heavy atom. The molecule has 1 aliphatic rings. The first-order valence-corrected chi connectivity index (χ1v) is 11.0. The number of fused-ring (bicyclic) bond motifs is 1. The Morgan fingerprint density at radius 1 is 1.12 bits per heavy atom. The molecule has 11 heteroatoms. The average molecular weight is 471 g/mol. The van der Waals surface area contributed by atoms with Crippen LogP contribution in [0.5, 0.6) is 5.88 Å². The second kappa shape index (κ2) is 10.4. The third-order valence-corrected chi connectivity index (χ3v) is 5.50. The van der Waals surface area contributed by atoms with Crippen LogP contribution in [0.4, 0.5) is 24.9 Å². The van der Waals surface area contributed by atoms with E-state index in [0.29, 0.717) is 32.6 Å². The number of ether oxygens (including phenoxy) is 1. The number of aromatic nitrogens is 4. The number of alkyl halides is 3. The van der Waals surface area contributed by atoms with Gasteiger partial charge in [0.25, 0.3) is 0 Å². The van der Waals surface area contributed by atoms with Crippen molar-refractivity contribution in [2.45, 2.75) is 32.0 Å². The van der Waals surface area contributed by atoms with Crippen LogP contribution in [0.2, 0.25) is 0 Å². The average Bonchev–Trinajstić information content (AvgIpc) is 3.25. The molecule has 1 aliphatic heterocycles. The number of nitriles is 1. The van der Waals surface area contributed by atoms with Crippen molar-refractivity contribution in [2.24, 2.45) is 0 Å². The van der Waals surface area contributed by atoms with E-state index in [-0.39, 0.29) is 23.2 Å². The summed E-state index contributed by atoms with van der Waals surface area (Å²) in [5.74, 6) is 0.0295. The van der Waals surface area contributed by atoms with Crippen molar-refractivity contribution in [1.29, 1.82) is 5.26 Å². The van der Waals surface area contributed by atoms with Crippen LogP contribution in [0, 0.1) is 11.3 Å². The standard InChI is InChI=1S/C23H24F3N7O/c24-23(25,26)15-34-21-19(14-27)20(33-11-6-17-4-1-2-5-18(17)7-12-33)30-22(31-21)29-8-3-10-32-13-9-28-16-32/h1-2,4-5,9,13,16H,3,6-8,10-12,15H2,(H,29,30,31). The summed E-state index contributed by atoms with van der Waals surface area (Å²) in [6, 6.07) is 10.0. The van der Waals surface area contributed by atoms with Gasteiger partial charge in [0.05, 0.1) is 6.33 Å². The zero-order valence-electron chi connectivity index (χ0n) is 18.4. The Morgan fingerprint density at radius 3 is 2.47 bits per heavy atom. The molecule has 0 amide bonds. The Labute approximate surface area is 195 Å². The molecule has 2 aromatic heterocycles. The van der Waals surface area contributed by atoms with Gasteiger partial charge in [0, 0.05) is 38.6 Å². The van der Waals surface area contributed by atoms with E-state index in [1.54, 1.807) is 12.5 Å². The zero-order valence-corrected chi connectivity index (χ0v) is 18.4. The van der Waals surface area contributed by atoms with E-state index in [1.807, 2.05) is 33.9 Å². The van der Waals surface area contributed by atoms with Crippen molar-refractivity contribution in [2.75, 3.05) is 36.5 Å². The maximum atomic E-state index is 12.8. The van der Waals surface area contributed by atoms with Gasteiger partial charge in [-0.15, -0.1) is 0 Å². The number of aryl methyl sites for hydroxylation is 1.